The van der Waals surface area contributed by atoms with E-state index in [1.807, 2.05) is 0 Å². The molecule has 0 atom stereocenters. The normalized spacial score (nSPS) is 11.3. The Morgan fingerprint density at radius 3 is 2.47 bits per heavy atom. The topological polar surface area (TPSA) is 72.2 Å². The Morgan fingerprint density at radius 2 is 1.84 bits per heavy atom. The van der Waals surface area contributed by atoms with Crippen molar-refractivity contribution in [2.75, 3.05) is 10.5 Å². The molecule has 0 aliphatic rings. The number of benzene rings is 2. The molecule has 2 aromatic carbocycles. The molecule has 0 aliphatic carbocycles. The zero-order valence-corrected chi connectivity index (χ0v) is 12.0. The van der Waals surface area contributed by atoms with Gasteiger partial charge in [0.25, 0.3) is 10.0 Å². The maximum absolute atomic E-state index is 13.5. The van der Waals surface area contributed by atoms with Crippen LogP contribution in [0, 0.1) is 5.82 Å². The van der Waals surface area contributed by atoms with Gasteiger partial charge < -0.3 is 5.73 Å². The van der Waals surface area contributed by atoms with Gasteiger partial charge in [0.05, 0.1) is 5.69 Å². The maximum atomic E-state index is 13.5. The Bertz CT molecular complexity index is 719. The molecule has 7 heteroatoms. The second-order valence-corrected chi connectivity index (χ2v) is 6.28. The third-order valence-electron chi connectivity index (χ3n) is 2.37. The van der Waals surface area contributed by atoms with E-state index in [9.17, 15) is 12.8 Å². The second-order valence-electron chi connectivity index (χ2n) is 3.77. The first-order chi connectivity index (χ1) is 8.90. The van der Waals surface area contributed by atoms with Gasteiger partial charge in [-0.3, -0.25) is 4.72 Å². The predicted molar refractivity (Wildman–Crippen MR) is 75.8 cm³/mol. The van der Waals surface area contributed by atoms with Crippen molar-refractivity contribution in [3.8, 4) is 0 Å². The number of hydrogen-bond donors (Lipinski definition) is 2. The van der Waals surface area contributed by atoms with Crippen LogP contribution in [0.2, 0.25) is 0 Å². The quantitative estimate of drug-likeness (QED) is 0.840. The highest BCUT2D eigenvalue weighted by atomic mass is 79.9. The molecule has 100 valence electrons. The lowest BCUT2D eigenvalue weighted by atomic mass is 10.3. The number of nitrogens with two attached hydrogens (primary N) is 1. The van der Waals surface area contributed by atoms with Gasteiger partial charge in [-0.2, -0.15) is 0 Å². The zero-order chi connectivity index (χ0) is 14.0. The van der Waals surface area contributed by atoms with E-state index in [-0.39, 0.29) is 5.69 Å². The lowest BCUT2D eigenvalue weighted by Gasteiger charge is -2.09. The largest absolute Gasteiger partial charge is 0.398 e. The molecule has 0 aliphatic heterocycles. The van der Waals surface area contributed by atoms with Crippen LogP contribution in [-0.2, 0) is 10.0 Å². The molecule has 0 unspecified atom stereocenters. The minimum atomic E-state index is -3.97. The van der Waals surface area contributed by atoms with Gasteiger partial charge in [-0.25, -0.2) is 12.8 Å². The van der Waals surface area contributed by atoms with Gasteiger partial charge in [0.1, 0.15) is 10.7 Å². The van der Waals surface area contributed by atoms with Gasteiger partial charge in [0.15, 0.2) is 0 Å². The van der Waals surface area contributed by atoms with Crippen LogP contribution < -0.4 is 10.5 Å². The molecular formula is C12H10BrFN2O2S. The van der Waals surface area contributed by atoms with Crippen LogP contribution in [0.5, 0.6) is 0 Å². The zero-order valence-electron chi connectivity index (χ0n) is 9.60. The van der Waals surface area contributed by atoms with Crippen LogP contribution in [0.15, 0.2) is 51.8 Å². The Kier molecular flexibility index (Phi) is 3.77. The molecule has 2 aromatic rings. The highest BCUT2D eigenvalue weighted by molar-refractivity contribution is 9.10. The van der Waals surface area contributed by atoms with Gasteiger partial charge in [-0.05, 0) is 46.3 Å². The number of nitrogens with one attached hydrogen (secondary N) is 1. The van der Waals surface area contributed by atoms with Crippen molar-refractivity contribution < 1.29 is 12.8 Å². The summed E-state index contributed by atoms with van der Waals surface area (Å²) in [7, 11) is -3.97. The van der Waals surface area contributed by atoms with Crippen LogP contribution in [0.4, 0.5) is 15.8 Å². The van der Waals surface area contributed by atoms with Crippen molar-refractivity contribution in [1.29, 1.82) is 0 Å². The lowest BCUT2D eigenvalue weighted by Crippen LogP contribution is -2.14. The molecule has 0 saturated heterocycles. The van der Waals surface area contributed by atoms with Crippen LogP contribution in [-0.4, -0.2) is 8.42 Å². The van der Waals surface area contributed by atoms with E-state index >= 15 is 0 Å². The van der Waals surface area contributed by atoms with E-state index in [0.29, 0.717) is 10.2 Å². The van der Waals surface area contributed by atoms with Gasteiger partial charge >= 0.3 is 0 Å². The summed E-state index contributed by atoms with van der Waals surface area (Å²) in [6.07, 6.45) is 0. The molecule has 3 N–H and O–H groups in total. The number of rotatable bonds is 3. The molecule has 0 heterocycles. The van der Waals surface area contributed by atoms with Gasteiger partial charge in [0.2, 0.25) is 0 Å². The molecule has 0 saturated carbocycles. The minimum absolute atomic E-state index is 0.268. The molecular weight excluding hydrogens is 335 g/mol. The lowest BCUT2D eigenvalue weighted by molar-refractivity contribution is 0.570. The van der Waals surface area contributed by atoms with Crippen molar-refractivity contribution in [1.82, 2.24) is 0 Å². The average Bonchev–Trinajstić information content (AvgIpc) is 2.34. The third-order valence-corrected chi connectivity index (χ3v) is 4.51. The van der Waals surface area contributed by atoms with E-state index < -0.39 is 20.7 Å². The van der Waals surface area contributed by atoms with Gasteiger partial charge in [-0.15, -0.1) is 0 Å². The van der Waals surface area contributed by atoms with Crippen LogP contribution in [0.25, 0.3) is 0 Å². The van der Waals surface area contributed by atoms with Gasteiger partial charge in [0, 0.05) is 10.2 Å². The molecule has 0 radical (unpaired) electrons. The first kappa shape index (κ1) is 13.8. The first-order valence-electron chi connectivity index (χ1n) is 5.22. The van der Waals surface area contributed by atoms with E-state index in [0.717, 1.165) is 6.07 Å². The summed E-state index contributed by atoms with van der Waals surface area (Å²) >= 11 is 3.20. The summed E-state index contributed by atoms with van der Waals surface area (Å²) in [5.41, 5.74) is 6.30. The fourth-order valence-corrected chi connectivity index (χ4v) is 2.86. The van der Waals surface area contributed by atoms with E-state index in [1.165, 1.54) is 30.3 Å². The average molecular weight is 345 g/mol. The number of sulfonamides is 1. The first-order valence-corrected chi connectivity index (χ1v) is 7.50. The predicted octanol–water partition coefficient (Wildman–Crippen LogP) is 2.97. The molecule has 19 heavy (non-hydrogen) atoms. The van der Waals surface area contributed by atoms with Crippen molar-refractivity contribution in [3.63, 3.8) is 0 Å². The third kappa shape index (κ3) is 3.05. The van der Waals surface area contributed by atoms with E-state index in [2.05, 4.69) is 20.7 Å². The summed E-state index contributed by atoms with van der Waals surface area (Å²) in [4.78, 5) is -0.406. The number of halogens is 2. The fourth-order valence-electron chi connectivity index (χ4n) is 1.48. The second kappa shape index (κ2) is 5.18. The number of nitrogen functional groups attached to an aromatic ring is 1. The Hall–Kier alpha value is -1.60. The summed E-state index contributed by atoms with van der Waals surface area (Å²) in [5, 5.41) is 0. The number of hydrogen-bond acceptors (Lipinski definition) is 3. The van der Waals surface area contributed by atoms with Crippen molar-refractivity contribution in [3.05, 3.63) is 52.8 Å². The summed E-state index contributed by atoms with van der Waals surface area (Å²) in [5.74, 6) is -0.805. The molecule has 0 amide bonds. The Morgan fingerprint density at radius 1 is 1.16 bits per heavy atom. The van der Waals surface area contributed by atoms with Gasteiger partial charge in [-0.1, -0.05) is 12.1 Å². The molecule has 0 fully saturated rings. The monoisotopic (exact) mass is 344 g/mol. The maximum Gasteiger partial charge on any atom is 0.264 e. The highest BCUT2D eigenvalue weighted by Gasteiger charge is 2.18. The summed E-state index contributed by atoms with van der Waals surface area (Å²) < 4.78 is 40.4. The van der Waals surface area contributed by atoms with Crippen molar-refractivity contribution in [2.45, 2.75) is 4.90 Å². The minimum Gasteiger partial charge on any atom is -0.398 e. The Labute approximate surface area is 118 Å². The summed E-state index contributed by atoms with van der Waals surface area (Å²) in [6.45, 7) is 0. The smallest absolute Gasteiger partial charge is 0.264 e. The molecule has 2 rings (SSSR count). The van der Waals surface area contributed by atoms with E-state index in [1.54, 1.807) is 6.07 Å². The highest BCUT2D eigenvalue weighted by Crippen LogP contribution is 2.25. The SMILES string of the molecule is Nc1cc(NS(=O)(=O)c2ccccc2F)ccc1Br. The standard InChI is InChI=1S/C12H10BrFN2O2S/c13-9-6-5-8(7-11(9)15)16-19(17,18)12-4-2-1-3-10(12)14/h1-7,16H,15H2. The number of anilines is 2. The van der Waals surface area contributed by atoms with Crippen molar-refractivity contribution >= 4 is 37.3 Å². The fraction of sp³-hybridized carbons (Fsp3) is 0. The summed E-state index contributed by atoms with van der Waals surface area (Å²) in [6, 6.07) is 9.74. The molecule has 0 aromatic heterocycles. The van der Waals surface area contributed by atoms with Crippen LogP contribution in [0.3, 0.4) is 0 Å². The molecule has 0 bridgehead atoms. The molecule has 0 spiro atoms. The van der Waals surface area contributed by atoms with Crippen molar-refractivity contribution in [2.24, 2.45) is 0 Å². The molecule has 4 nitrogen and oxygen atoms in total. The van der Waals surface area contributed by atoms with E-state index in [4.69, 9.17) is 5.73 Å². The Balaban J connectivity index is 2.37. The van der Waals surface area contributed by atoms with Crippen LogP contribution in [0.1, 0.15) is 0 Å². The van der Waals surface area contributed by atoms with Crippen LogP contribution >= 0.6 is 15.9 Å².